The first kappa shape index (κ1) is 20.4. The van der Waals surface area contributed by atoms with Crippen LogP contribution in [0.15, 0.2) is 48.5 Å². The molecule has 2 rings (SSSR count). The van der Waals surface area contributed by atoms with Crippen LogP contribution in [0.3, 0.4) is 0 Å². The molecule has 1 amide bonds. The van der Waals surface area contributed by atoms with Gasteiger partial charge in [0.2, 0.25) is 0 Å². The van der Waals surface area contributed by atoms with Gasteiger partial charge in [0.05, 0.1) is 15.5 Å². The summed E-state index contributed by atoms with van der Waals surface area (Å²) >= 11 is 5.97. The number of hydrogen-bond donors (Lipinski definition) is 1. The fourth-order valence-electron chi connectivity index (χ4n) is 2.34. The van der Waals surface area contributed by atoms with Gasteiger partial charge >= 0.3 is 5.97 Å². The molecule has 27 heavy (non-hydrogen) atoms. The van der Waals surface area contributed by atoms with Crippen molar-refractivity contribution in [2.24, 2.45) is 5.92 Å². The molecule has 0 saturated carbocycles. The largest absolute Gasteiger partial charge is 0.459 e. The van der Waals surface area contributed by atoms with E-state index in [0.717, 1.165) is 11.6 Å². The van der Waals surface area contributed by atoms with Crippen molar-refractivity contribution < 1.29 is 19.2 Å². The highest BCUT2D eigenvalue weighted by atomic mass is 35.5. The van der Waals surface area contributed by atoms with E-state index in [9.17, 15) is 19.7 Å². The average Bonchev–Trinajstić information content (AvgIpc) is 2.64. The number of carbonyl (C=O) groups excluding carboxylic acids is 2. The lowest BCUT2D eigenvalue weighted by Gasteiger charge is -2.21. The predicted molar refractivity (Wildman–Crippen MR) is 100 cm³/mol. The van der Waals surface area contributed by atoms with Crippen LogP contribution in [0.2, 0.25) is 5.02 Å². The minimum atomic E-state index is -0.882. The SMILES string of the molecule is CC(C)C(NC(=O)c1ccc([N+](=O)[O-])cc1Cl)C(=O)OCc1ccccc1. The second-order valence-electron chi connectivity index (χ2n) is 6.21. The molecular formula is C19H19ClN2O5. The maximum absolute atomic E-state index is 12.5. The Hall–Kier alpha value is -2.93. The van der Waals surface area contributed by atoms with Crippen LogP contribution in [0, 0.1) is 16.0 Å². The van der Waals surface area contributed by atoms with Gasteiger partial charge in [-0.1, -0.05) is 55.8 Å². The lowest BCUT2D eigenvalue weighted by Crippen LogP contribution is -2.45. The van der Waals surface area contributed by atoms with Gasteiger partial charge in [-0.3, -0.25) is 14.9 Å². The molecule has 0 aromatic heterocycles. The van der Waals surface area contributed by atoms with Crippen LogP contribution in [-0.4, -0.2) is 22.8 Å². The summed E-state index contributed by atoms with van der Waals surface area (Å²) in [6, 6.07) is 11.8. The van der Waals surface area contributed by atoms with Crippen LogP contribution >= 0.6 is 11.6 Å². The number of amides is 1. The van der Waals surface area contributed by atoms with E-state index in [1.807, 2.05) is 30.3 Å². The Morgan fingerprint density at radius 3 is 2.41 bits per heavy atom. The van der Waals surface area contributed by atoms with Crippen molar-refractivity contribution >= 4 is 29.2 Å². The first-order valence-corrected chi connectivity index (χ1v) is 8.62. The second kappa shape index (κ2) is 9.14. The fraction of sp³-hybridized carbons (Fsp3) is 0.263. The summed E-state index contributed by atoms with van der Waals surface area (Å²) in [7, 11) is 0. The number of nitro groups is 1. The van der Waals surface area contributed by atoms with Gasteiger partial charge in [0.15, 0.2) is 0 Å². The van der Waals surface area contributed by atoms with Crippen molar-refractivity contribution in [3.8, 4) is 0 Å². The van der Waals surface area contributed by atoms with E-state index < -0.39 is 22.8 Å². The lowest BCUT2D eigenvalue weighted by atomic mass is 10.0. The summed E-state index contributed by atoms with van der Waals surface area (Å²) in [6.07, 6.45) is 0. The van der Waals surface area contributed by atoms with E-state index in [-0.39, 0.29) is 28.8 Å². The third-order valence-electron chi connectivity index (χ3n) is 3.84. The zero-order chi connectivity index (χ0) is 20.0. The van der Waals surface area contributed by atoms with Crippen molar-refractivity contribution in [3.05, 3.63) is 74.8 Å². The summed E-state index contributed by atoms with van der Waals surface area (Å²) in [5.41, 5.74) is 0.654. The van der Waals surface area contributed by atoms with Crippen LogP contribution in [0.5, 0.6) is 0 Å². The van der Waals surface area contributed by atoms with Gasteiger partial charge < -0.3 is 10.1 Å². The number of nitro benzene ring substituents is 1. The number of benzene rings is 2. The fourth-order valence-corrected chi connectivity index (χ4v) is 2.60. The number of carbonyl (C=O) groups is 2. The average molecular weight is 391 g/mol. The number of rotatable bonds is 7. The Kier molecular flexibility index (Phi) is 6.90. The van der Waals surface area contributed by atoms with E-state index in [1.54, 1.807) is 13.8 Å². The van der Waals surface area contributed by atoms with Crippen LogP contribution in [0.1, 0.15) is 29.8 Å². The summed E-state index contributed by atoms with van der Waals surface area (Å²) in [5, 5.41) is 13.3. The van der Waals surface area contributed by atoms with Crippen LogP contribution in [-0.2, 0) is 16.1 Å². The zero-order valence-corrected chi connectivity index (χ0v) is 15.6. The molecule has 0 saturated heterocycles. The van der Waals surface area contributed by atoms with Gasteiger partial charge in [-0.25, -0.2) is 4.79 Å². The van der Waals surface area contributed by atoms with Gasteiger partial charge in [-0.15, -0.1) is 0 Å². The topological polar surface area (TPSA) is 98.5 Å². The molecule has 0 fully saturated rings. The molecule has 0 aliphatic heterocycles. The number of nitrogens with zero attached hydrogens (tertiary/aromatic N) is 1. The minimum absolute atomic E-state index is 0.0452. The van der Waals surface area contributed by atoms with E-state index in [4.69, 9.17) is 16.3 Å². The summed E-state index contributed by atoms with van der Waals surface area (Å²) in [4.78, 5) is 35.0. The summed E-state index contributed by atoms with van der Waals surface area (Å²) in [5.74, 6) is -1.40. The third kappa shape index (κ3) is 5.52. The Labute approximate surface area is 161 Å². The molecule has 7 nitrogen and oxygen atoms in total. The van der Waals surface area contributed by atoms with E-state index >= 15 is 0 Å². The molecule has 0 bridgehead atoms. The lowest BCUT2D eigenvalue weighted by molar-refractivity contribution is -0.384. The molecule has 1 unspecified atom stereocenters. The molecule has 1 atom stereocenters. The molecule has 0 aliphatic rings. The monoisotopic (exact) mass is 390 g/mol. The molecule has 2 aromatic carbocycles. The Morgan fingerprint density at radius 1 is 1.19 bits per heavy atom. The van der Waals surface area contributed by atoms with Crippen molar-refractivity contribution in [3.63, 3.8) is 0 Å². The normalized spacial score (nSPS) is 11.7. The standard InChI is InChI=1S/C19H19ClN2O5/c1-12(2)17(19(24)27-11-13-6-4-3-5-7-13)21-18(23)15-9-8-14(22(25)26)10-16(15)20/h3-10,12,17H,11H2,1-2H3,(H,21,23). The number of hydrogen-bond acceptors (Lipinski definition) is 5. The Balaban J connectivity index is 2.07. The van der Waals surface area contributed by atoms with Crippen LogP contribution in [0.25, 0.3) is 0 Å². The Morgan fingerprint density at radius 2 is 1.85 bits per heavy atom. The number of nitrogens with one attached hydrogen (secondary N) is 1. The predicted octanol–water partition coefficient (Wildman–Crippen LogP) is 3.75. The molecule has 2 aromatic rings. The maximum atomic E-state index is 12.5. The quantitative estimate of drug-likeness (QED) is 0.441. The van der Waals surface area contributed by atoms with Gasteiger partial charge in [-0.05, 0) is 17.5 Å². The highest BCUT2D eigenvalue weighted by molar-refractivity contribution is 6.34. The van der Waals surface area contributed by atoms with Gasteiger partial charge in [0.25, 0.3) is 11.6 Å². The van der Waals surface area contributed by atoms with Crippen molar-refractivity contribution in [2.75, 3.05) is 0 Å². The van der Waals surface area contributed by atoms with Crippen LogP contribution in [0.4, 0.5) is 5.69 Å². The summed E-state index contributed by atoms with van der Waals surface area (Å²) < 4.78 is 5.29. The van der Waals surface area contributed by atoms with E-state index in [1.165, 1.54) is 12.1 Å². The minimum Gasteiger partial charge on any atom is -0.459 e. The van der Waals surface area contributed by atoms with Crippen LogP contribution < -0.4 is 5.32 Å². The van der Waals surface area contributed by atoms with Crippen molar-refractivity contribution in [1.82, 2.24) is 5.32 Å². The van der Waals surface area contributed by atoms with Gasteiger partial charge in [0, 0.05) is 12.1 Å². The van der Waals surface area contributed by atoms with Crippen molar-refractivity contribution in [2.45, 2.75) is 26.5 Å². The number of non-ortho nitro benzene ring substituents is 1. The molecule has 0 aliphatic carbocycles. The molecule has 142 valence electrons. The smallest absolute Gasteiger partial charge is 0.329 e. The second-order valence-corrected chi connectivity index (χ2v) is 6.62. The molecule has 0 spiro atoms. The number of ether oxygens (including phenoxy) is 1. The van der Waals surface area contributed by atoms with Gasteiger partial charge in [-0.2, -0.15) is 0 Å². The molecule has 8 heteroatoms. The summed E-state index contributed by atoms with van der Waals surface area (Å²) in [6.45, 7) is 3.63. The first-order valence-electron chi connectivity index (χ1n) is 8.25. The zero-order valence-electron chi connectivity index (χ0n) is 14.8. The van der Waals surface area contributed by atoms with Gasteiger partial charge in [0.1, 0.15) is 12.6 Å². The highest BCUT2D eigenvalue weighted by Gasteiger charge is 2.27. The highest BCUT2D eigenvalue weighted by Crippen LogP contribution is 2.22. The number of halogens is 1. The maximum Gasteiger partial charge on any atom is 0.329 e. The van der Waals surface area contributed by atoms with E-state index in [2.05, 4.69) is 5.32 Å². The Bertz CT molecular complexity index is 839. The van der Waals surface area contributed by atoms with Crippen molar-refractivity contribution in [1.29, 1.82) is 0 Å². The molecule has 0 radical (unpaired) electrons. The molecule has 1 N–H and O–H groups in total. The molecular weight excluding hydrogens is 372 g/mol. The first-order chi connectivity index (χ1) is 12.8. The van der Waals surface area contributed by atoms with E-state index in [0.29, 0.717) is 0 Å². The molecule has 0 heterocycles. The third-order valence-corrected chi connectivity index (χ3v) is 4.15. The number of esters is 1.